The number of hydrogen-bond acceptors (Lipinski definition) is 6. The van der Waals surface area contributed by atoms with Crippen LogP contribution >= 0.6 is 11.3 Å². The van der Waals surface area contributed by atoms with Crippen molar-refractivity contribution in [1.82, 2.24) is 10.3 Å². The lowest BCUT2D eigenvalue weighted by molar-refractivity contribution is 0.568. The summed E-state index contributed by atoms with van der Waals surface area (Å²) < 4.78 is 41.6. The number of benzene rings is 1. The second-order valence-corrected chi connectivity index (χ2v) is 8.18. The highest BCUT2D eigenvalue weighted by atomic mass is 32.2. The molecule has 6 nitrogen and oxygen atoms in total. The first kappa shape index (κ1) is 17.1. The van der Waals surface area contributed by atoms with Crippen LogP contribution in [-0.2, 0) is 10.0 Å². The van der Waals surface area contributed by atoms with Gasteiger partial charge in [0.2, 0.25) is 0 Å². The Morgan fingerprint density at radius 3 is 2.88 bits per heavy atom. The zero-order valence-corrected chi connectivity index (χ0v) is 15.0. The fourth-order valence-corrected chi connectivity index (χ4v) is 4.56. The van der Waals surface area contributed by atoms with E-state index in [0.29, 0.717) is 11.3 Å². The number of thiazole rings is 1. The molecule has 130 valence electrons. The van der Waals surface area contributed by atoms with E-state index in [2.05, 4.69) is 15.0 Å². The molecular weight excluding hydrogens is 351 g/mol. The van der Waals surface area contributed by atoms with Crippen LogP contribution in [0.15, 0.2) is 27.9 Å². The second kappa shape index (κ2) is 6.66. The Morgan fingerprint density at radius 1 is 1.46 bits per heavy atom. The van der Waals surface area contributed by atoms with E-state index >= 15 is 0 Å². The summed E-state index contributed by atoms with van der Waals surface area (Å²) in [5, 5.41) is 4.82. The molecule has 1 aromatic heterocycles. The van der Waals surface area contributed by atoms with Gasteiger partial charge in [-0.1, -0.05) is 0 Å². The average Bonchev–Trinajstić information content (AvgIpc) is 3.21. The van der Waals surface area contributed by atoms with Gasteiger partial charge >= 0.3 is 0 Å². The zero-order valence-electron chi connectivity index (χ0n) is 13.4. The molecule has 0 radical (unpaired) electrons. The van der Waals surface area contributed by atoms with Crippen LogP contribution in [0.2, 0.25) is 0 Å². The van der Waals surface area contributed by atoms with Gasteiger partial charge in [0.1, 0.15) is 10.7 Å². The van der Waals surface area contributed by atoms with Gasteiger partial charge in [-0.25, -0.2) is 17.8 Å². The fourth-order valence-electron chi connectivity index (χ4n) is 2.85. The molecule has 0 unspecified atom stereocenters. The highest BCUT2D eigenvalue weighted by Gasteiger charge is 2.25. The van der Waals surface area contributed by atoms with Gasteiger partial charge in [-0.05, 0) is 37.6 Å². The van der Waals surface area contributed by atoms with Crippen LogP contribution in [0.4, 0.5) is 15.9 Å². The fraction of sp³-hybridized carbons (Fsp3) is 0.400. The molecule has 3 rings (SSSR count). The summed E-state index contributed by atoms with van der Waals surface area (Å²) in [7, 11) is -2.11. The lowest BCUT2D eigenvalue weighted by Crippen LogP contribution is -2.34. The summed E-state index contributed by atoms with van der Waals surface area (Å²) in [4.78, 5) is 5.50. The first-order valence-corrected chi connectivity index (χ1v) is 9.96. The smallest absolute Gasteiger partial charge is 0.266 e. The summed E-state index contributed by atoms with van der Waals surface area (Å²) >= 11 is 1.26. The highest BCUT2D eigenvalue weighted by molar-refractivity contribution is 7.92. The lowest BCUT2D eigenvalue weighted by Gasteiger charge is -2.28. The minimum Gasteiger partial charge on any atom is -0.370 e. The third-order valence-electron chi connectivity index (χ3n) is 4.17. The van der Waals surface area contributed by atoms with Crippen LogP contribution in [0.25, 0.3) is 0 Å². The molecule has 24 heavy (non-hydrogen) atoms. The molecule has 2 heterocycles. The van der Waals surface area contributed by atoms with Crippen LogP contribution in [0.3, 0.4) is 0 Å². The molecule has 1 fully saturated rings. The topological polar surface area (TPSA) is 74.3 Å². The minimum atomic E-state index is -4.01. The highest BCUT2D eigenvalue weighted by Crippen LogP contribution is 2.29. The summed E-state index contributed by atoms with van der Waals surface area (Å²) in [5.41, 5.74) is 2.92. The maximum absolute atomic E-state index is 14.5. The molecule has 2 aromatic rings. The Labute approximate surface area is 144 Å². The van der Waals surface area contributed by atoms with Crippen molar-refractivity contribution < 1.29 is 12.8 Å². The monoisotopic (exact) mass is 370 g/mol. The normalized spacial score (nSPS) is 17.9. The maximum atomic E-state index is 14.5. The van der Waals surface area contributed by atoms with Gasteiger partial charge in [0.25, 0.3) is 10.0 Å². The number of aromatic nitrogens is 1. The Hall–Kier alpha value is -1.71. The summed E-state index contributed by atoms with van der Waals surface area (Å²) in [6.07, 6.45) is 0.975. The summed E-state index contributed by atoms with van der Waals surface area (Å²) in [5.74, 6) is -0.577. The molecule has 1 aromatic carbocycles. The number of nitrogens with one attached hydrogen (secondary N) is 2. The van der Waals surface area contributed by atoms with Crippen molar-refractivity contribution in [2.75, 3.05) is 29.8 Å². The van der Waals surface area contributed by atoms with E-state index in [-0.39, 0.29) is 16.8 Å². The zero-order chi connectivity index (χ0) is 17.3. The van der Waals surface area contributed by atoms with Crippen molar-refractivity contribution in [3.05, 3.63) is 34.4 Å². The van der Waals surface area contributed by atoms with Gasteiger partial charge in [0, 0.05) is 30.7 Å². The van der Waals surface area contributed by atoms with Gasteiger partial charge in [0.05, 0.1) is 5.51 Å². The summed E-state index contributed by atoms with van der Waals surface area (Å²) in [6, 6.07) is 2.94. The number of halogens is 1. The van der Waals surface area contributed by atoms with Crippen LogP contribution in [0.5, 0.6) is 0 Å². The van der Waals surface area contributed by atoms with E-state index in [1.807, 2.05) is 11.9 Å². The largest absolute Gasteiger partial charge is 0.370 e. The van der Waals surface area contributed by atoms with Gasteiger partial charge in [-0.2, -0.15) is 0 Å². The molecule has 1 atom stereocenters. The molecule has 0 saturated carbocycles. The van der Waals surface area contributed by atoms with Gasteiger partial charge in [0.15, 0.2) is 5.82 Å². The third kappa shape index (κ3) is 3.38. The van der Waals surface area contributed by atoms with E-state index in [9.17, 15) is 12.8 Å². The van der Waals surface area contributed by atoms with Crippen molar-refractivity contribution in [2.24, 2.45) is 0 Å². The van der Waals surface area contributed by atoms with E-state index in [1.54, 1.807) is 12.3 Å². The van der Waals surface area contributed by atoms with Gasteiger partial charge < -0.3 is 10.2 Å². The molecule has 0 bridgehead atoms. The van der Waals surface area contributed by atoms with Crippen molar-refractivity contribution in [3.8, 4) is 0 Å². The molecular formula is C15H19FN4O2S2. The molecule has 1 aliphatic rings. The Balaban J connectivity index is 1.92. The Morgan fingerprint density at radius 2 is 2.25 bits per heavy atom. The molecule has 0 aliphatic carbocycles. The first-order valence-electron chi connectivity index (χ1n) is 7.53. The quantitative estimate of drug-likeness (QED) is 0.844. The number of aryl methyl sites for hydroxylation is 1. The Kier molecular flexibility index (Phi) is 4.75. The SMILES string of the molecule is Cc1cc(S(=O)(=O)Nc2cscn2)c(F)cc1N(C)[C@H]1CCNC1. The average molecular weight is 370 g/mol. The number of rotatable bonds is 5. The van der Waals surface area contributed by atoms with E-state index in [4.69, 9.17) is 0 Å². The van der Waals surface area contributed by atoms with Crippen LogP contribution in [0, 0.1) is 12.7 Å². The standard InChI is InChI=1S/C15H19FN4O2S2/c1-10-5-14(24(21,22)19-15-8-23-9-18-15)12(16)6-13(10)20(2)11-3-4-17-7-11/h5-6,8-9,11,17,19H,3-4,7H2,1-2H3/t11-/m0/s1. The number of hydrogen-bond donors (Lipinski definition) is 2. The van der Waals surface area contributed by atoms with Gasteiger partial charge in [-0.15, -0.1) is 11.3 Å². The maximum Gasteiger partial charge on any atom is 0.266 e. The second-order valence-electron chi connectivity index (χ2n) is 5.81. The summed E-state index contributed by atoms with van der Waals surface area (Å²) in [6.45, 7) is 3.55. The molecule has 0 spiro atoms. The minimum absolute atomic E-state index is 0.190. The third-order valence-corrected chi connectivity index (χ3v) is 6.13. The number of likely N-dealkylation sites (N-methyl/N-ethyl adjacent to an activating group) is 1. The van der Waals surface area contributed by atoms with E-state index in [0.717, 1.165) is 19.5 Å². The van der Waals surface area contributed by atoms with Crippen molar-refractivity contribution in [1.29, 1.82) is 0 Å². The molecule has 1 saturated heterocycles. The van der Waals surface area contributed by atoms with Crippen LogP contribution in [0.1, 0.15) is 12.0 Å². The van der Waals surface area contributed by atoms with Gasteiger partial charge in [-0.3, -0.25) is 4.72 Å². The van der Waals surface area contributed by atoms with Crippen LogP contribution in [-0.4, -0.2) is 39.6 Å². The predicted molar refractivity (Wildman–Crippen MR) is 93.7 cm³/mol. The number of sulfonamides is 1. The number of nitrogens with zero attached hydrogens (tertiary/aromatic N) is 2. The predicted octanol–water partition coefficient (Wildman–Crippen LogP) is 2.19. The van der Waals surface area contributed by atoms with Crippen molar-refractivity contribution in [2.45, 2.75) is 24.3 Å². The molecule has 0 amide bonds. The van der Waals surface area contributed by atoms with E-state index < -0.39 is 15.8 Å². The molecule has 9 heteroatoms. The van der Waals surface area contributed by atoms with Crippen molar-refractivity contribution in [3.63, 3.8) is 0 Å². The molecule has 1 aliphatic heterocycles. The van der Waals surface area contributed by atoms with E-state index in [1.165, 1.54) is 29.0 Å². The first-order chi connectivity index (χ1) is 11.4. The number of anilines is 2. The Bertz CT molecular complexity index is 818. The lowest BCUT2D eigenvalue weighted by atomic mass is 10.1. The van der Waals surface area contributed by atoms with Crippen molar-refractivity contribution >= 4 is 32.9 Å². The van der Waals surface area contributed by atoms with Crippen LogP contribution < -0.4 is 14.9 Å². The molecule has 2 N–H and O–H groups in total.